The second-order valence-electron chi connectivity index (χ2n) is 7.10. The first-order valence-corrected chi connectivity index (χ1v) is 10.2. The van der Waals surface area contributed by atoms with Crippen molar-refractivity contribution in [3.05, 3.63) is 90.1 Å². The highest BCUT2D eigenvalue weighted by atomic mass is 19.1. The molecule has 0 saturated carbocycles. The van der Waals surface area contributed by atoms with Gasteiger partial charge in [0.05, 0.1) is 0 Å². The van der Waals surface area contributed by atoms with Crippen molar-refractivity contribution >= 4 is 17.1 Å². The van der Waals surface area contributed by atoms with Gasteiger partial charge in [-0.2, -0.15) is 0 Å². The largest absolute Gasteiger partial charge is 0.484 e. The van der Waals surface area contributed by atoms with Crippen LogP contribution in [0.5, 0.6) is 5.75 Å². The van der Waals surface area contributed by atoms with Crippen molar-refractivity contribution in [2.75, 3.05) is 13.2 Å². The average molecular weight is 418 g/mol. The lowest BCUT2D eigenvalue weighted by atomic mass is 10.1. The highest BCUT2D eigenvalue weighted by Crippen LogP contribution is 2.15. The van der Waals surface area contributed by atoms with E-state index in [4.69, 9.17) is 9.72 Å². The van der Waals surface area contributed by atoms with E-state index in [1.165, 1.54) is 29.8 Å². The van der Waals surface area contributed by atoms with Crippen LogP contribution in [0.1, 0.15) is 11.4 Å². The number of pyridine rings is 1. The third-order valence-electron chi connectivity index (χ3n) is 4.90. The van der Waals surface area contributed by atoms with Crippen LogP contribution in [0.3, 0.4) is 0 Å². The zero-order valence-corrected chi connectivity index (χ0v) is 17.0. The molecule has 2 heterocycles. The molecule has 6 nitrogen and oxygen atoms in total. The highest BCUT2D eigenvalue weighted by molar-refractivity contribution is 5.77. The van der Waals surface area contributed by atoms with Crippen LogP contribution in [0.4, 0.5) is 4.39 Å². The molecule has 4 aromatic rings. The van der Waals surface area contributed by atoms with Gasteiger partial charge >= 0.3 is 0 Å². The van der Waals surface area contributed by atoms with E-state index in [2.05, 4.69) is 27.0 Å². The minimum Gasteiger partial charge on any atom is -0.484 e. The predicted octanol–water partition coefficient (Wildman–Crippen LogP) is 3.55. The number of amides is 1. The van der Waals surface area contributed by atoms with Gasteiger partial charge in [0.2, 0.25) is 0 Å². The molecular weight excluding hydrogens is 395 g/mol. The van der Waals surface area contributed by atoms with Crippen LogP contribution >= 0.6 is 0 Å². The minimum absolute atomic E-state index is 0.130. The Morgan fingerprint density at radius 2 is 1.81 bits per heavy atom. The van der Waals surface area contributed by atoms with Crippen molar-refractivity contribution in [2.24, 2.45) is 0 Å². The molecule has 1 N–H and O–H groups in total. The summed E-state index contributed by atoms with van der Waals surface area (Å²) in [5.41, 5.74) is 2.90. The molecule has 158 valence electrons. The summed E-state index contributed by atoms with van der Waals surface area (Å²) in [6.45, 7) is 0.849. The standard InChI is InChI=1S/C24H23FN4O2/c25-19-9-11-20(12-10-19)31-17-23(30)26-15-16-29-22(13-8-18-5-2-1-3-6-18)28-21-7-4-14-27-24(21)29/h1-7,9-12,14H,8,13,15-17H2,(H,26,30). The van der Waals surface area contributed by atoms with Gasteiger partial charge in [-0.3, -0.25) is 4.79 Å². The number of fused-ring (bicyclic) bond motifs is 1. The number of carbonyl (C=O) groups is 1. The molecule has 2 aromatic heterocycles. The number of aryl methyl sites for hydroxylation is 2. The van der Waals surface area contributed by atoms with Gasteiger partial charge in [-0.1, -0.05) is 30.3 Å². The molecule has 31 heavy (non-hydrogen) atoms. The van der Waals surface area contributed by atoms with E-state index in [0.29, 0.717) is 18.8 Å². The normalized spacial score (nSPS) is 10.9. The molecule has 1 amide bonds. The lowest BCUT2D eigenvalue weighted by molar-refractivity contribution is -0.123. The van der Waals surface area contributed by atoms with Crippen LogP contribution in [0.25, 0.3) is 11.2 Å². The molecule has 0 aliphatic carbocycles. The number of benzene rings is 2. The van der Waals surface area contributed by atoms with Gasteiger partial charge < -0.3 is 14.6 Å². The first kappa shape index (κ1) is 20.5. The maximum absolute atomic E-state index is 12.9. The van der Waals surface area contributed by atoms with Crippen molar-refractivity contribution in [3.63, 3.8) is 0 Å². The topological polar surface area (TPSA) is 69.0 Å². The van der Waals surface area contributed by atoms with Crippen LogP contribution in [-0.4, -0.2) is 33.6 Å². The Balaban J connectivity index is 1.35. The van der Waals surface area contributed by atoms with E-state index in [1.54, 1.807) is 6.20 Å². The molecule has 0 atom stereocenters. The Hall–Kier alpha value is -3.74. The van der Waals surface area contributed by atoms with Crippen LogP contribution in [0.15, 0.2) is 72.9 Å². The van der Waals surface area contributed by atoms with Crippen LogP contribution in [-0.2, 0) is 24.2 Å². The Labute approximate surface area is 179 Å². The Bertz CT molecular complexity index is 1140. The summed E-state index contributed by atoms with van der Waals surface area (Å²) in [6.07, 6.45) is 3.40. The van der Waals surface area contributed by atoms with E-state index in [0.717, 1.165) is 29.8 Å². The third kappa shape index (κ3) is 5.45. The van der Waals surface area contributed by atoms with Gasteiger partial charge in [0.25, 0.3) is 5.91 Å². The number of nitrogens with zero attached hydrogens (tertiary/aromatic N) is 3. The number of ether oxygens (including phenoxy) is 1. The number of rotatable bonds is 9. The summed E-state index contributed by atoms with van der Waals surface area (Å²) < 4.78 is 20.4. The molecule has 0 fully saturated rings. The zero-order chi connectivity index (χ0) is 21.5. The van der Waals surface area contributed by atoms with E-state index in [1.807, 2.05) is 30.3 Å². The van der Waals surface area contributed by atoms with Crippen molar-refractivity contribution in [1.29, 1.82) is 0 Å². The SMILES string of the molecule is O=C(COc1ccc(F)cc1)NCCn1c(CCc2ccccc2)nc2cccnc21. The van der Waals surface area contributed by atoms with E-state index in [9.17, 15) is 9.18 Å². The molecule has 0 saturated heterocycles. The van der Waals surface area contributed by atoms with Gasteiger partial charge in [0, 0.05) is 25.7 Å². The fraction of sp³-hybridized carbons (Fsp3) is 0.208. The second kappa shape index (κ2) is 9.84. The quantitative estimate of drug-likeness (QED) is 0.451. The smallest absolute Gasteiger partial charge is 0.258 e. The molecule has 7 heteroatoms. The average Bonchev–Trinajstić information content (AvgIpc) is 3.15. The number of halogens is 1. The predicted molar refractivity (Wildman–Crippen MR) is 116 cm³/mol. The summed E-state index contributed by atoms with van der Waals surface area (Å²) >= 11 is 0. The Morgan fingerprint density at radius 3 is 2.61 bits per heavy atom. The van der Waals surface area contributed by atoms with Gasteiger partial charge in [-0.25, -0.2) is 14.4 Å². The molecular formula is C24H23FN4O2. The summed E-state index contributed by atoms with van der Waals surface area (Å²) in [5, 5.41) is 2.85. The summed E-state index contributed by atoms with van der Waals surface area (Å²) in [4.78, 5) is 21.3. The molecule has 0 aliphatic heterocycles. The summed E-state index contributed by atoms with van der Waals surface area (Å²) in [7, 11) is 0. The molecule has 4 rings (SSSR count). The van der Waals surface area contributed by atoms with Crippen molar-refractivity contribution in [2.45, 2.75) is 19.4 Å². The molecule has 0 spiro atoms. The lowest BCUT2D eigenvalue weighted by Gasteiger charge is -2.11. The van der Waals surface area contributed by atoms with Crippen molar-refractivity contribution in [3.8, 4) is 5.75 Å². The van der Waals surface area contributed by atoms with Gasteiger partial charge in [-0.15, -0.1) is 0 Å². The number of carbonyl (C=O) groups excluding carboxylic acids is 1. The number of imidazole rings is 1. The summed E-state index contributed by atoms with van der Waals surface area (Å²) in [6, 6.07) is 19.7. The highest BCUT2D eigenvalue weighted by Gasteiger charge is 2.12. The van der Waals surface area contributed by atoms with E-state index in [-0.39, 0.29) is 18.3 Å². The third-order valence-corrected chi connectivity index (χ3v) is 4.90. The van der Waals surface area contributed by atoms with E-state index >= 15 is 0 Å². The fourth-order valence-electron chi connectivity index (χ4n) is 3.37. The number of aromatic nitrogens is 3. The first-order valence-electron chi connectivity index (χ1n) is 10.2. The lowest BCUT2D eigenvalue weighted by Crippen LogP contribution is -2.32. The maximum Gasteiger partial charge on any atom is 0.258 e. The zero-order valence-electron chi connectivity index (χ0n) is 17.0. The molecule has 2 aromatic carbocycles. The van der Waals surface area contributed by atoms with Crippen molar-refractivity contribution in [1.82, 2.24) is 19.9 Å². The van der Waals surface area contributed by atoms with Crippen LogP contribution in [0.2, 0.25) is 0 Å². The van der Waals surface area contributed by atoms with E-state index < -0.39 is 0 Å². The second-order valence-corrected chi connectivity index (χ2v) is 7.10. The number of hydrogen-bond donors (Lipinski definition) is 1. The minimum atomic E-state index is -0.346. The van der Waals surface area contributed by atoms with Crippen LogP contribution in [0, 0.1) is 5.82 Å². The van der Waals surface area contributed by atoms with Gasteiger partial charge in [0.1, 0.15) is 22.9 Å². The maximum atomic E-state index is 12.9. The molecule has 0 bridgehead atoms. The molecule has 0 aliphatic rings. The molecule has 0 radical (unpaired) electrons. The fourth-order valence-corrected chi connectivity index (χ4v) is 3.37. The number of hydrogen-bond acceptors (Lipinski definition) is 4. The molecule has 0 unspecified atom stereocenters. The summed E-state index contributed by atoms with van der Waals surface area (Å²) in [5.74, 6) is 0.799. The monoisotopic (exact) mass is 418 g/mol. The first-order chi connectivity index (χ1) is 15.2. The Kier molecular flexibility index (Phi) is 6.52. The van der Waals surface area contributed by atoms with Gasteiger partial charge in [0.15, 0.2) is 12.3 Å². The van der Waals surface area contributed by atoms with Crippen molar-refractivity contribution < 1.29 is 13.9 Å². The van der Waals surface area contributed by atoms with Crippen LogP contribution < -0.4 is 10.1 Å². The van der Waals surface area contributed by atoms with Gasteiger partial charge in [-0.05, 0) is 48.4 Å². The Morgan fingerprint density at radius 1 is 1.00 bits per heavy atom. The number of nitrogens with one attached hydrogen (secondary N) is 1.